The Bertz CT molecular complexity index is 1150. The first-order valence-electron chi connectivity index (χ1n) is 15.0. The number of carbonyl (C=O) groups excluding carboxylic acids is 3. The Morgan fingerprint density at radius 1 is 1.12 bits per heavy atom. The molecule has 0 bridgehead atoms. The highest BCUT2D eigenvalue weighted by atomic mass is 16.7. The van der Waals surface area contributed by atoms with Gasteiger partial charge in [-0.25, -0.2) is 4.79 Å². The molecular formula is C30H44N4O8. The maximum Gasteiger partial charge on any atom is 0.326 e. The van der Waals surface area contributed by atoms with Crippen molar-refractivity contribution in [1.29, 1.82) is 0 Å². The van der Waals surface area contributed by atoms with Crippen LogP contribution in [0.15, 0.2) is 12.1 Å². The molecule has 12 nitrogen and oxygen atoms in total. The molecule has 0 spiro atoms. The van der Waals surface area contributed by atoms with Gasteiger partial charge in [-0.3, -0.25) is 24.2 Å². The van der Waals surface area contributed by atoms with Crippen molar-refractivity contribution in [1.82, 2.24) is 19.6 Å². The topological polar surface area (TPSA) is 129 Å². The number of rotatable bonds is 14. The molecule has 232 valence electrons. The van der Waals surface area contributed by atoms with E-state index in [9.17, 15) is 24.3 Å². The van der Waals surface area contributed by atoms with Crippen LogP contribution in [-0.4, -0.2) is 115 Å². The number of likely N-dealkylation sites (tertiary alicyclic amines) is 1. The monoisotopic (exact) mass is 588 g/mol. The van der Waals surface area contributed by atoms with E-state index in [0.29, 0.717) is 49.0 Å². The molecule has 12 heteroatoms. The predicted molar refractivity (Wildman–Crippen MR) is 154 cm³/mol. The van der Waals surface area contributed by atoms with Gasteiger partial charge in [-0.2, -0.15) is 0 Å². The van der Waals surface area contributed by atoms with E-state index >= 15 is 0 Å². The Balaban J connectivity index is 1.64. The third kappa shape index (κ3) is 6.74. The number of hydrogen-bond acceptors (Lipinski definition) is 8. The highest BCUT2D eigenvalue weighted by Crippen LogP contribution is 2.47. The summed E-state index contributed by atoms with van der Waals surface area (Å²) in [7, 11) is 3.16. The Morgan fingerprint density at radius 3 is 2.48 bits per heavy atom. The van der Waals surface area contributed by atoms with E-state index in [1.807, 2.05) is 9.80 Å². The number of ether oxygens (including phenoxy) is 3. The number of hydrogen-bond donors (Lipinski definition) is 1. The smallest absolute Gasteiger partial charge is 0.326 e. The van der Waals surface area contributed by atoms with E-state index in [2.05, 4.69) is 13.8 Å². The standard InChI is InChI=1S/C30H44N4O8/c1-5-7-11-32(12-8-6-2)26(36)18-33-17-21(20-15-23(40-4)28-24(16-20)41-19-42-28)27(29(37)38)22(33)9-14-34-25(35)10-13-31(3)30(34)39/h15-16,21-22,27H,5-14,17-19H2,1-4H3,(H,37,38)/t21-,22+,27?/m1/s1. The molecule has 4 amide bonds. The van der Waals surface area contributed by atoms with Gasteiger partial charge >= 0.3 is 12.0 Å². The maximum absolute atomic E-state index is 13.6. The van der Waals surface area contributed by atoms with E-state index < -0.39 is 23.8 Å². The van der Waals surface area contributed by atoms with Crippen LogP contribution in [0.25, 0.3) is 0 Å². The van der Waals surface area contributed by atoms with Gasteiger partial charge in [-0.05, 0) is 37.0 Å². The summed E-state index contributed by atoms with van der Waals surface area (Å²) < 4.78 is 16.7. The number of carboxylic acids is 1. The lowest BCUT2D eigenvalue weighted by molar-refractivity contribution is -0.144. The lowest BCUT2D eigenvalue weighted by Gasteiger charge is -2.34. The highest BCUT2D eigenvalue weighted by molar-refractivity contribution is 5.96. The predicted octanol–water partition coefficient (Wildman–Crippen LogP) is 3.00. The van der Waals surface area contributed by atoms with E-state index in [1.165, 1.54) is 16.9 Å². The van der Waals surface area contributed by atoms with Crippen molar-refractivity contribution in [3.05, 3.63) is 17.7 Å². The first-order chi connectivity index (χ1) is 20.2. The number of benzene rings is 1. The average Bonchev–Trinajstić information content (AvgIpc) is 3.59. The number of carbonyl (C=O) groups is 4. The number of nitrogens with zero attached hydrogens (tertiary/aromatic N) is 4. The van der Waals surface area contributed by atoms with Gasteiger partial charge in [-0.15, -0.1) is 0 Å². The summed E-state index contributed by atoms with van der Waals surface area (Å²) in [5.74, 6) is -1.28. The van der Waals surface area contributed by atoms with Crippen LogP contribution < -0.4 is 14.2 Å². The minimum absolute atomic E-state index is 0.0418. The number of urea groups is 1. The molecule has 0 aliphatic carbocycles. The quantitative estimate of drug-likeness (QED) is 0.349. The van der Waals surface area contributed by atoms with Crippen molar-refractivity contribution < 1.29 is 38.5 Å². The molecule has 42 heavy (non-hydrogen) atoms. The number of fused-ring (bicyclic) bond motifs is 1. The first kappa shape index (κ1) is 31.4. The highest BCUT2D eigenvalue weighted by Gasteiger charge is 2.48. The molecule has 1 aromatic carbocycles. The first-order valence-corrected chi connectivity index (χ1v) is 15.0. The average molecular weight is 589 g/mol. The summed E-state index contributed by atoms with van der Waals surface area (Å²) in [6.45, 7) is 6.33. The summed E-state index contributed by atoms with van der Waals surface area (Å²) in [4.78, 5) is 58.4. The second kappa shape index (κ2) is 14.1. The normalized spacial score (nSPS) is 22.1. The molecule has 3 atom stereocenters. The maximum atomic E-state index is 13.6. The summed E-state index contributed by atoms with van der Waals surface area (Å²) in [5, 5.41) is 10.5. The number of carboxylic acid groups (broad SMARTS) is 1. The van der Waals surface area contributed by atoms with Crippen LogP contribution in [0.4, 0.5) is 4.79 Å². The molecule has 0 saturated carbocycles. The summed E-state index contributed by atoms with van der Waals surface area (Å²) in [6, 6.07) is 2.59. The van der Waals surface area contributed by atoms with Gasteiger partial charge in [0.2, 0.25) is 24.4 Å². The molecule has 0 aromatic heterocycles. The lowest BCUT2D eigenvalue weighted by atomic mass is 9.84. The molecule has 2 fully saturated rings. The zero-order chi connectivity index (χ0) is 30.4. The van der Waals surface area contributed by atoms with E-state index in [1.54, 1.807) is 19.2 Å². The van der Waals surface area contributed by atoms with Crippen molar-refractivity contribution in [3.63, 3.8) is 0 Å². The van der Waals surface area contributed by atoms with Crippen molar-refractivity contribution >= 4 is 23.8 Å². The molecule has 0 radical (unpaired) electrons. The van der Waals surface area contributed by atoms with Crippen molar-refractivity contribution in [3.8, 4) is 17.2 Å². The van der Waals surface area contributed by atoms with Crippen molar-refractivity contribution in [2.45, 2.75) is 64.3 Å². The minimum Gasteiger partial charge on any atom is -0.493 e. The van der Waals surface area contributed by atoms with Crippen LogP contribution in [0, 0.1) is 5.92 Å². The van der Waals surface area contributed by atoms with Crippen molar-refractivity contribution in [2.24, 2.45) is 5.92 Å². The lowest BCUT2D eigenvalue weighted by Crippen LogP contribution is -2.52. The van der Waals surface area contributed by atoms with Gasteiger partial charge in [0, 0.05) is 58.2 Å². The Hall–Kier alpha value is -3.54. The Morgan fingerprint density at radius 2 is 1.83 bits per heavy atom. The van der Waals surface area contributed by atoms with Gasteiger partial charge in [-0.1, -0.05) is 26.7 Å². The molecular weight excluding hydrogens is 544 g/mol. The largest absolute Gasteiger partial charge is 0.493 e. The van der Waals surface area contributed by atoms with E-state index in [4.69, 9.17) is 14.2 Å². The van der Waals surface area contributed by atoms with Crippen LogP contribution in [0.3, 0.4) is 0 Å². The summed E-state index contributed by atoms with van der Waals surface area (Å²) in [5.41, 5.74) is 0.710. The molecule has 3 aliphatic rings. The molecule has 4 rings (SSSR count). The van der Waals surface area contributed by atoms with Crippen LogP contribution in [0.2, 0.25) is 0 Å². The van der Waals surface area contributed by atoms with Crippen LogP contribution in [0.5, 0.6) is 17.2 Å². The Labute approximate surface area is 247 Å². The van der Waals surface area contributed by atoms with E-state index in [-0.39, 0.29) is 50.6 Å². The zero-order valence-electron chi connectivity index (χ0n) is 25.2. The molecule has 2 saturated heterocycles. The molecule has 1 unspecified atom stereocenters. The fraction of sp³-hybridized carbons (Fsp3) is 0.667. The second-order valence-electron chi connectivity index (χ2n) is 11.3. The molecule has 3 heterocycles. The SMILES string of the molecule is CCCCN(CCCC)C(=O)CN1C[C@H](c2cc(OC)c3c(c2)OCO3)C(C(=O)O)[C@@H]1CCN1C(=O)CCN(C)C1=O. The minimum atomic E-state index is -1.00. The summed E-state index contributed by atoms with van der Waals surface area (Å²) >= 11 is 0. The number of amides is 4. The van der Waals surface area contributed by atoms with E-state index in [0.717, 1.165) is 25.7 Å². The number of unbranched alkanes of at least 4 members (excludes halogenated alkanes) is 2. The van der Waals surface area contributed by atoms with Gasteiger partial charge in [0.05, 0.1) is 19.6 Å². The number of methoxy groups -OCH3 is 1. The number of imide groups is 1. The third-order valence-corrected chi connectivity index (χ3v) is 8.56. The van der Waals surface area contributed by atoms with Gasteiger partial charge in [0.15, 0.2) is 11.5 Å². The van der Waals surface area contributed by atoms with Crippen molar-refractivity contribution in [2.75, 3.05) is 60.2 Å². The molecule has 1 aromatic rings. The Kier molecular flexibility index (Phi) is 10.5. The molecule has 3 aliphatic heterocycles. The van der Waals surface area contributed by atoms with Gasteiger partial charge < -0.3 is 29.1 Å². The summed E-state index contributed by atoms with van der Waals surface area (Å²) in [6.07, 6.45) is 4.16. The van der Waals surface area contributed by atoms with Gasteiger partial charge in [0.25, 0.3) is 0 Å². The zero-order valence-corrected chi connectivity index (χ0v) is 25.2. The third-order valence-electron chi connectivity index (χ3n) is 8.56. The fourth-order valence-electron chi connectivity index (χ4n) is 6.18. The van der Waals surface area contributed by atoms with Gasteiger partial charge in [0.1, 0.15) is 0 Å². The number of aliphatic carboxylic acids is 1. The van der Waals surface area contributed by atoms with Crippen LogP contribution in [0.1, 0.15) is 63.9 Å². The second-order valence-corrected chi connectivity index (χ2v) is 11.3. The van der Waals surface area contributed by atoms with Crippen LogP contribution >= 0.6 is 0 Å². The van der Waals surface area contributed by atoms with Crippen LogP contribution in [-0.2, 0) is 14.4 Å². The molecule has 1 N–H and O–H groups in total. The fourth-order valence-corrected chi connectivity index (χ4v) is 6.18.